The third kappa shape index (κ3) is 20.2. The summed E-state index contributed by atoms with van der Waals surface area (Å²) in [5.74, 6) is -5.29. The minimum absolute atomic E-state index is 0.0277. The molecule has 0 aliphatic carbocycles. The summed E-state index contributed by atoms with van der Waals surface area (Å²) in [4.78, 5) is 97.3. The molecule has 7 unspecified atom stereocenters. The SMILES string of the molecule is CSCCC(NC(=O)C(Cc1ccc(O)cc1)NC(=O)C(C)NC(=O)C(CO)NC(=O)C(N)CCCCN)C(=O)NC(CCCN=C(N)N)C(=O)NC(Cc1ccccc1)C(N)=O. The normalized spacial score (nSPS) is 14.2. The average Bonchev–Trinajstić information content (AvgIpc) is 3.25. The van der Waals surface area contributed by atoms with E-state index < -0.39 is 90.3 Å². The van der Waals surface area contributed by atoms with E-state index in [2.05, 4.69) is 36.9 Å². The summed E-state index contributed by atoms with van der Waals surface area (Å²) >= 11 is 1.39. The number of aliphatic hydroxyl groups excluding tert-OH is 1. The van der Waals surface area contributed by atoms with Crippen LogP contribution in [0.5, 0.6) is 5.75 Å². The number of aromatic hydroxyl groups is 1. The van der Waals surface area contributed by atoms with Gasteiger partial charge in [0.2, 0.25) is 41.4 Å². The molecular formula is C41H64N12O9S. The molecule has 2 rings (SSSR count). The third-order valence-electron chi connectivity index (χ3n) is 9.65. The van der Waals surface area contributed by atoms with E-state index in [4.69, 9.17) is 28.7 Å². The quantitative estimate of drug-likeness (QED) is 0.0218. The van der Waals surface area contributed by atoms with Crippen LogP contribution in [0.1, 0.15) is 56.6 Å². The fourth-order valence-electron chi connectivity index (χ4n) is 6.03. The van der Waals surface area contributed by atoms with Gasteiger partial charge in [-0.1, -0.05) is 48.9 Å². The highest BCUT2D eigenvalue weighted by Gasteiger charge is 2.33. The molecule has 0 aliphatic rings. The van der Waals surface area contributed by atoms with Crippen molar-refractivity contribution in [3.05, 3.63) is 65.7 Å². The molecule has 0 spiro atoms. The number of phenolic OH excluding ortho intramolecular Hbond substituents is 1. The number of hydrogen-bond acceptors (Lipinski definition) is 13. The summed E-state index contributed by atoms with van der Waals surface area (Å²) in [5, 5.41) is 35.1. The highest BCUT2D eigenvalue weighted by molar-refractivity contribution is 7.98. The smallest absolute Gasteiger partial charge is 0.245 e. The van der Waals surface area contributed by atoms with Crippen LogP contribution in [-0.2, 0) is 46.4 Å². The summed E-state index contributed by atoms with van der Waals surface area (Å²) in [6.45, 7) is 1.07. The van der Waals surface area contributed by atoms with Crippen molar-refractivity contribution in [2.24, 2.45) is 33.7 Å². The molecule has 0 bridgehead atoms. The Hall–Kier alpha value is -5.97. The fourth-order valence-corrected chi connectivity index (χ4v) is 6.50. The maximum atomic E-state index is 14.1. The number of benzene rings is 2. The van der Waals surface area contributed by atoms with Crippen LogP contribution in [0.25, 0.3) is 0 Å². The summed E-state index contributed by atoms with van der Waals surface area (Å²) in [5.41, 5.74) is 29.2. The zero-order valence-electron chi connectivity index (χ0n) is 35.7. The Kier molecular flexibility index (Phi) is 24.1. The van der Waals surface area contributed by atoms with Crippen LogP contribution < -0.4 is 60.6 Å². The molecule has 0 heterocycles. The first-order chi connectivity index (χ1) is 30.0. The molecule has 0 aliphatic heterocycles. The second-order valence-electron chi connectivity index (χ2n) is 14.8. The maximum Gasteiger partial charge on any atom is 0.245 e. The van der Waals surface area contributed by atoms with E-state index in [1.807, 2.05) is 0 Å². The average molecular weight is 901 g/mol. The monoisotopic (exact) mass is 900 g/mol. The fraction of sp³-hybridized carbons (Fsp3) is 0.512. The Bertz CT molecular complexity index is 1820. The van der Waals surface area contributed by atoms with E-state index >= 15 is 0 Å². The number of rotatable bonds is 29. The molecule has 21 nitrogen and oxygen atoms in total. The predicted octanol–water partition coefficient (Wildman–Crippen LogP) is -3.15. The van der Waals surface area contributed by atoms with Crippen molar-refractivity contribution in [3.8, 4) is 5.75 Å². The minimum atomic E-state index is -1.44. The number of amides is 7. The van der Waals surface area contributed by atoms with Crippen LogP contribution in [-0.4, -0.2) is 132 Å². The van der Waals surface area contributed by atoms with Crippen molar-refractivity contribution < 1.29 is 43.8 Å². The van der Waals surface area contributed by atoms with E-state index in [1.54, 1.807) is 36.6 Å². The second kappa shape index (κ2) is 28.6. The second-order valence-corrected chi connectivity index (χ2v) is 15.8. The van der Waals surface area contributed by atoms with E-state index in [1.165, 1.54) is 43.0 Å². The highest BCUT2D eigenvalue weighted by Crippen LogP contribution is 2.13. The highest BCUT2D eigenvalue weighted by atomic mass is 32.2. The third-order valence-corrected chi connectivity index (χ3v) is 10.3. The summed E-state index contributed by atoms with van der Waals surface area (Å²) < 4.78 is 0. The Labute approximate surface area is 371 Å². The number of guanidine groups is 1. The Morgan fingerprint density at radius 2 is 1.16 bits per heavy atom. The van der Waals surface area contributed by atoms with Gasteiger partial charge in [-0.25, -0.2) is 0 Å². The van der Waals surface area contributed by atoms with Gasteiger partial charge in [-0.2, -0.15) is 11.8 Å². The Morgan fingerprint density at radius 3 is 1.73 bits per heavy atom. The standard InChI is InChI=1S/C41H64N12O9S/c1-24(48-40(62)33(23-54)53-36(58)28(43)11-6-7-18-42)35(57)52-32(22-26-13-15-27(55)16-14-26)39(61)50-30(17-20-63-2)38(60)49-29(12-8-19-47-41(45)46)37(59)51-31(34(44)56)21-25-9-4-3-5-10-25/h3-5,9-10,13-16,24,28-33,54-55H,6-8,11-12,17-23,42-43H2,1-2H3,(H2,44,56)(H,48,62)(H,49,60)(H,50,61)(H,51,59)(H,52,57)(H,53,58)(H4,45,46,47). The number of hydrogen-bond donors (Lipinski definition) is 13. The Morgan fingerprint density at radius 1 is 0.635 bits per heavy atom. The molecule has 0 saturated heterocycles. The van der Waals surface area contributed by atoms with Crippen molar-refractivity contribution in [3.63, 3.8) is 0 Å². The van der Waals surface area contributed by atoms with Crippen LogP contribution in [0.2, 0.25) is 0 Å². The van der Waals surface area contributed by atoms with E-state index in [0.29, 0.717) is 37.1 Å². The lowest BCUT2D eigenvalue weighted by atomic mass is 10.0. The van der Waals surface area contributed by atoms with Crippen molar-refractivity contribution in [1.82, 2.24) is 31.9 Å². The van der Waals surface area contributed by atoms with Crippen molar-refractivity contribution in [2.75, 3.05) is 31.7 Å². The van der Waals surface area contributed by atoms with Crippen LogP contribution in [0.3, 0.4) is 0 Å². The topological polar surface area (TPSA) is 375 Å². The van der Waals surface area contributed by atoms with Crippen molar-refractivity contribution in [1.29, 1.82) is 0 Å². The lowest BCUT2D eigenvalue weighted by molar-refractivity contribution is -0.135. The van der Waals surface area contributed by atoms with Crippen LogP contribution >= 0.6 is 11.8 Å². The number of unbranched alkanes of at least 4 members (excludes halogenated alkanes) is 1. The molecule has 22 heteroatoms. The first kappa shape index (κ1) is 53.2. The number of thioether (sulfide) groups is 1. The van der Waals surface area contributed by atoms with E-state index in [0.717, 1.165) is 5.56 Å². The molecule has 7 atom stereocenters. The molecular weight excluding hydrogens is 837 g/mol. The number of aliphatic imine (C=N–C) groups is 1. The number of phenols is 1. The largest absolute Gasteiger partial charge is 0.508 e. The molecule has 2 aromatic carbocycles. The molecule has 18 N–H and O–H groups in total. The number of primary amides is 1. The van der Waals surface area contributed by atoms with Gasteiger partial charge in [-0.15, -0.1) is 0 Å². The van der Waals surface area contributed by atoms with Crippen molar-refractivity contribution in [2.45, 2.75) is 101 Å². The zero-order valence-corrected chi connectivity index (χ0v) is 36.5. The van der Waals surface area contributed by atoms with E-state index in [-0.39, 0.29) is 50.4 Å². The molecule has 0 radical (unpaired) electrons. The molecule has 348 valence electrons. The van der Waals surface area contributed by atoms with Crippen LogP contribution in [0.15, 0.2) is 59.6 Å². The number of carbonyl (C=O) groups is 7. The van der Waals surface area contributed by atoms with Gasteiger partial charge in [-0.05, 0) is 80.8 Å². The number of carbonyl (C=O) groups excluding carboxylic acids is 7. The van der Waals surface area contributed by atoms with Crippen molar-refractivity contribution >= 4 is 59.1 Å². The van der Waals surface area contributed by atoms with Gasteiger partial charge in [0.05, 0.1) is 12.6 Å². The number of nitrogens with two attached hydrogens (primary N) is 5. The summed E-state index contributed by atoms with van der Waals surface area (Å²) in [6, 6.07) is 6.07. The van der Waals surface area contributed by atoms with Gasteiger partial charge in [0.15, 0.2) is 5.96 Å². The van der Waals surface area contributed by atoms with Crippen LogP contribution in [0.4, 0.5) is 0 Å². The van der Waals surface area contributed by atoms with Gasteiger partial charge in [0.25, 0.3) is 0 Å². The molecule has 2 aromatic rings. The molecule has 7 amide bonds. The summed E-state index contributed by atoms with van der Waals surface area (Å²) in [7, 11) is 0. The van der Waals surface area contributed by atoms with Gasteiger partial charge < -0.3 is 70.8 Å². The Balaban J connectivity index is 2.31. The first-order valence-corrected chi connectivity index (χ1v) is 21.9. The molecule has 63 heavy (non-hydrogen) atoms. The number of nitrogens with zero attached hydrogens (tertiary/aromatic N) is 1. The first-order valence-electron chi connectivity index (χ1n) is 20.5. The van der Waals surface area contributed by atoms with Gasteiger partial charge in [0.1, 0.15) is 42.0 Å². The lowest BCUT2D eigenvalue weighted by Crippen LogP contribution is -2.60. The minimum Gasteiger partial charge on any atom is -0.508 e. The zero-order chi connectivity index (χ0) is 46.9. The lowest BCUT2D eigenvalue weighted by Gasteiger charge is -2.27. The summed E-state index contributed by atoms with van der Waals surface area (Å²) in [6.07, 6.45) is 3.64. The molecule has 0 fully saturated rings. The van der Waals surface area contributed by atoms with E-state index in [9.17, 15) is 43.8 Å². The van der Waals surface area contributed by atoms with Gasteiger partial charge in [0, 0.05) is 19.4 Å². The van der Waals surface area contributed by atoms with Gasteiger partial charge in [-0.3, -0.25) is 38.6 Å². The molecule has 0 aromatic heterocycles. The maximum absolute atomic E-state index is 14.1. The number of nitrogens with one attached hydrogen (secondary N) is 6. The predicted molar refractivity (Wildman–Crippen MR) is 239 cm³/mol. The number of aliphatic hydroxyl groups is 1. The van der Waals surface area contributed by atoms with Crippen LogP contribution in [0, 0.1) is 0 Å². The van der Waals surface area contributed by atoms with Gasteiger partial charge >= 0.3 is 0 Å². The molecule has 0 saturated carbocycles.